The van der Waals surface area contributed by atoms with Crippen molar-refractivity contribution >= 4 is 0 Å². The maximum Gasteiger partial charge on any atom is 0.186 e. The van der Waals surface area contributed by atoms with Gasteiger partial charge in [0.05, 0.1) is 0 Å². The quantitative estimate of drug-likeness (QED) is 0.552. The van der Waals surface area contributed by atoms with E-state index in [1.54, 1.807) is 6.20 Å². The average molecular weight is 139 g/mol. The number of H-pyrrole nitrogens is 1. The lowest BCUT2D eigenvalue weighted by atomic mass is 10.1. The zero-order valence-electron chi connectivity index (χ0n) is 5.76. The predicted octanol–water partition coefficient (Wildman–Crippen LogP) is 1.44. The Kier molecular flexibility index (Phi) is 1.17. The Labute approximate surface area is 58.9 Å². The smallest absolute Gasteiger partial charge is 0.186 e. The third-order valence-electron chi connectivity index (χ3n) is 1.74. The second kappa shape index (κ2) is 2.02. The van der Waals surface area contributed by atoms with Gasteiger partial charge in [-0.15, -0.1) is 0 Å². The summed E-state index contributed by atoms with van der Waals surface area (Å²) in [7, 11) is 0. The number of aromatic nitrogens is 1. The Morgan fingerprint density at radius 1 is 1.60 bits per heavy atom. The topological polar surface area (TPSA) is 34.2 Å². The van der Waals surface area contributed by atoms with Crippen LogP contribution in [0.3, 0.4) is 0 Å². The van der Waals surface area contributed by atoms with E-state index >= 15 is 0 Å². The molecular formula is C7H9NO2. The van der Waals surface area contributed by atoms with Crippen molar-refractivity contribution in [3.05, 3.63) is 18.0 Å². The van der Waals surface area contributed by atoms with Gasteiger partial charge in [-0.05, 0) is 0 Å². The molecule has 54 valence electrons. The highest BCUT2D eigenvalue weighted by Crippen LogP contribution is 2.30. The van der Waals surface area contributed by atoms with Gasteiger partial charge in [0.1, 0.15) is 6.61 Å². The Bertz CT molecular complexity index is 231. The van der Waals surface area contributed by atoms with E-state index in [1.165, 1.54) is 5.56 Å². The molecule has 0 saturated heterocycles. The number of hydrogen-bond acceptors (Lipinski definition) is 2. The van der Waals surface area contributed by atoms with Gasteiger partial charge < -0.3 is 9.87 Å². The van der Waals surface area contributed by atoms with Gasteiger partial charge in [0.2, 0.25) is 0 Å². The summed E-state index contributed by atoms with van der Waals surface area (Å²) < 4.78 is 0. The third kappa shape index (κ3) is 0.708. The van der Waals surface area contributed by atoms with Crippen LogP contribution in [0.4, 0.5) is 0 Å². The summed E-state index contributed by atoms with van der Waals surface area (Å²) in [4.78, 5) is 12.7. The van der Waals surface area contributed by atoms with Gasteiger partial charge in [-0.25, -0.2) is 0 Å². The van der Waals surface area contributed by atoms with E-state index in [0.717, 1.165) is 5.75 Å². The minimum Gasteiger partial charge on any atom is -0.364 e. The molecule has 1 aliphatic heterocycles. The molecule has 0 spiro atoms. The monoisotopic (exact) mass is 139 g/mol. The van der Waals surface area contributed by atoms with Crippen molar-refractivity contribution in [2.24, 2.45) is 0 Å². The molecule has 10 heavy (non-hydrogen) atoms. The first-order chi connectivity index (χ1) is 4.88. The highest BCUT2D eigenvalue weighted by Gasteiger charge is 2.18. The molecule has 0 amide bonds. The molecule has 2 heterocycles. The fraction of sp³-hybridized carbons (Fsp3) is 0.429. The molecule has 3 nitrogen and oxygen atoms in total. The maximum absolute atomic E-state index is 4.90. The fourth-order valence-corrected chi connectivity index (χ4v) is 1.11. The minimum atomic E-state index is 0.440. The Hall–Kier alpha value is -0.960. The van der Waals surface area contributed by atoms with E-state index < -0.39 is 0 Å². The van der Waals surface area contributed by atoms with Crippen molar-refractivity contribution in [2.45, 2.75) is 12.8 Å². The second-order valence-corrected chi connectivity index (χ2v) is 2.54. The molecule has 1 aromatic rings. The molecule has 1 atom stereocenters. The number of aromatic amines is 1. The number of hydrogen-bond donors (Lipinski definition) is 1. The molecule has 0 bridgehead atoms. The van der Waals surface area contributed by atoms with Crippen molar-refractivity contribution in [1.29, 1.82) is 0 Å². The van der Waals surface area contributed by atoms with Crippen LogP contribution in [0.5, 0.6) is 5.75 Å². The Balaban J connectivity index is 2.41. The molecule has 0 aliphatic carbocycles. The lowest BCUT2D eigenvalue weighted by Crippen LogP contribution is -2.13. The largest absolute Gasteiger partial charge is 0.364 e. The number of fused-ring (bicyclic) bond motifs is 1. The van der Waals surface area contributed by atoms with Crippen molar-refractivity contribution in [2.75, 3.05) is 6.61 Å². The van der Waals surface area contributed by atoms with E-state index in [4.69, 9.17) is 9.78 Å². The summed E-state index contributed by atoms with van der Waals surface area (Å²) in [6, 6.07) is 0. The first-order valence-corrected chi connectivity index (χ1v) is 3.34. The lowest BCUT2D eigenvalue weighted by molar-refractivity contribution is -0.220. The summed E-state index contributed by atoms with van der Waals surface area (Å²) in [6.45, 7) is 2.75. The number of nitrogens with one attached hydrogen (secondary N) is 1. The highest BCUT2D eigenvalue weighted by atomic mass is 17.2. The van der Waals surface area contributed by atoms with Gasteiger partial charge in [0.15, 0.2) is 5.75 Å². The zero-order valence-corrected chi connectivity index (χ0v) is 5.76. The molecule has 0 fully saturated rings. The number of rotatable bonds is 0. The summed E-state index contributed by atoms with van der Waals surface area (Å²) >= 11 is 0. The maximum atomic E-state index is 4.90. The SMILES string of the molecule is CC1COOc2c[nH]cc21. The average Bonchev–Trinajstić information content (AvgIpc) is 2.36. The van der Waals surface area contributed by atoms with E-state index in [-0.39, 0.29) is 0 Å². The molecular weight excluding hydrogens is 130 g/mol. The molecule has 0 radical (unpaired) electrons. The van der Waals surface area contributed by atoms with Crippen molar-refractivity contribution in [1.82, 2.24) is 4.98 Å². The van der Waals surface area contributed by atoms with Gasteiger partial charge >= 0.3 is 0 Å². The minimum absolute atomic E-state index is 0.440. The van der Waals surface area contributed by atoms with Gasteiger partial charge in [-0.2, -0.15) is 4.89 Å². The molecule has 1 aliphatic rings. The van der Waals surface area contributed by atoms with Gasteiger partial charge in [-0.3, -0.25) is 0 Å². The standard InChI is InChI=1S/C7H9NO2/c1-5-4-9-10-7-3-8-2-6(5)7/h2-3,5,8H,4H2,1H3. The fourth-order valence-electron chi connectivity index (χ4n) is 1.11. The molecule has 1 aromatic heterocycles. The van der Waals surface area contributed by atoms with Gasteiger partial charge in [-0.1, -0.05) is 6.92 Å². The van der Waals surface area contributed by atoms with Crippen LogP contribution in [-0.4, -0.2) is 11.6 Å². The van der Waals surface area contributed by atoms with Crippen LogP contribution >= 0.6 is 0 Å². The second-order valence-electron chi connectivity index (χ2n) is 2.54. The summed E-state index contributed by atoms with van der Waals surface area (Å²) in [5, 5.41) is 0. The van der Waals surface area contributed by atoms with Crippen molar-refractivity contribution in [3.8, 4) is 5.75 Å². The highest BCUT2D eigenvalue weighted by molar-refractivity contribution is 5.33. The van der Waals surface area contributed by atoms with E-state index in [0.29, 0.717) is 12.5 Å². The Morgan fingerprint density at radius 3 is 3.30 bits per heavy atom. The predicted molar refractivity (Wildman–Crippen MR) is 35.8 cm³/mol. The summed E-state index contributed by atoms with van der Waals surface area (Å²) in [5.41, 5.74) is 1.20. The van der Waals surface area contributed by atoms with Gasteiger partial charge in [0, 0.05) is 23.9 Å². The van der Waals surface area contributed by atoms with Crippen LogP contribution in [0.2, 0.25) is 0 Å². The van der Waals surface area contributed by atoms with Gasteiger partial charge in [0.25, 0.3) is 0 Å². The molecule has 1 N–H and O–H groups in total. The molecule has 0 aromatic carbocycles. The van der Waals surface area contributed by atoms with E-state index in [1.807, 2.05) is 6.20 Å². The van der Waals surface area contributed by atoms with Crippen LogP contribution in [0.25, 0.3) is 0 Å². The molecule has 3 heteroatoms. The van der Waals surface area contributed by atoms with Crippen molar-refractivity contribution in [3.63, 3.8) is 0 Å². The molecule has 0 saturated carbocycles. The molecule has 1 unspecified atom stereocenters. The summed E-state index contributed by atoms with van der Waals surface area (Å²) in [6.07, 6.45) is 3.74. The van der Waals surface area contributed by atoms with E-state index in [2.05, 4.69) is 11.9 Å². The third-order valence-corrected chi connectivity index (χ3v) is 1.74. The lowest BCUT2D eigenvalue weighted by Gasteiger charge is -2.17. The Morgan fingerprint density at radius 2 is 2.50 bits per heavy atom. The first-order valence-electron chi connectivity index (χ1n) is 3.34. The van der Waals surface area contributed by atoms with Crippen LogP contribution < -0.4 is 4.89 Å². The first kappa shape index (κ1) is 5.80. The summed E-state index contributed by atoms with van der Waals surface area (Å²) in [5.74, 6) is 1.26. The van der Waals surface area contributed by atoms with Crippen LogP contribution in [0.15, 0.2) is 12.4 Å². The zero-order chi connectivity index (χ0) is 6.97. The molecule has 2 rings (SSSR count). The van der Waals surface area contributed by atoms with E-state index in [9.17, 15) is 0 Å². The van der Waals surface area contributed by atoms with Crippen LogP contribution in [0, 0.1) is 0 Å². The van der Waals surface area contributed by atoms with Crippen LogP contribution in [0.1, 0.15) is 18.4 Å². The van der Waals surface area contributed by atoms with Crippen LogP contribution in [-0.2, 0) is 4.89 Å². The van der Waals surface area contributed by atoms with Crippen molar-refractivity contribution < 1.29 is 9.78 Å². The normalized spacial score (nSPS) is 23.5.